The third-order valence-electron chi connectivity index (χ3n) is 1.07. The lowest BCUT2D eigenvalue weighted by molar-refractivity contribution is 0.663. The van der Waals surface area contributed by atoms with Crippen LogP contribution in [0.3, 0.4) is 0 Å². The Morgan fingerprint density at radius 2 is 2.67 bits per heavy atom. The monoisotopic (exact) mass is 121 g/mol. The molecule has 0 radical (unpaired) electrons. The minimum atomic E-state index is 0.469. The molecule has 0 unspecified atom stereocenters. The Hall–Kier alpha value is -1.30. The molecule has 0 spiro atoms. The molecule has 1 rings (SSSR count). The van der Waals surface area contributed by atoms with Crippen LogP contribution in [0.1, 0.15) is 6.92 Å². The maximum absolute atomic E-state index is 6.58. The van der Waals surface area contributed by atoms with E-state index < -0.39 is 0 Å². The SMILES string of the molecule is [C-]#[N+]c1ccn(CC)n1. The second-order valence-electron chi connectivity index (χ2n) is 1.64. The average Bonchev–Trinajstić information content (AvgIpc) is 2.34. The average molecular weight is 121 g/mol. The molecular formula is C6H7N3. The normalized spacial score (nSPS) is 8.89. The summed E-state index contributed by atoms with van der Waals surface area (Å²) in [6, 6.07) is 1.70. The van der Waals surface area contributed by atoms with Crippen molar-refractivity contribution in [1.29, 1.82) is 0 Å². The molecule has 0 N–H and O–H groups in total. The predicted molar refractivity (Wildman–Crippen MR) is 34.2 cm³/mol. The molecule has 9 heavy (non-hydrogen) atoms. The zero-order chi connectivity index (χ0) is 6.69. The lowest BCUT2D eigenvalue weighted by atomic mass is 10.6. The van der Waals surface area contributed by atoms with Gasteiger partial charge in [-0.25, -0.2) is 0 Å². The standard InChI is InChI=1S/C6H7N3/c1-3-9-5-4-6(7-2)8-9/h4-5H,3H2,1H3. The van der Waals surface area contributed by atoms with Crippen LogP contribution in [0.2, 0.25) is 0 Å². The molecule has 0 aliphatic rings. The lowest BCUT2D eigenvalue weighted by Crippen LogP contribution is -1.91. The van der Waals surface area contributed by atoms with Gasteiger partial charge in [0.05, 0.1) is 6.54 Å². The summed E-state index contributed by atoms with van der Waals surface area (Å²) >= 11 is 0. The van der Waals surface area contributed by atoms with Gasteiger partial charge in [0.25, 0.3) is 5.82 Å². The predicted octanol–water partition coefficient (Wildman–Crippen LogP) is 1.45. The van der Waals surface area contributed by atoms with Crippen molar-refractivity contribution >= 4 is 5.82 Å². The molecule has 0 fully saturated rings. The Bertz CT molecular complexity index is 231. The molecular weight excluding hydrogens is 114 g/mol. The molecule has 0 saturated carbocycles. The van der Waals surface area contributed by atoms with Crippen molar-refractivity contribution < 1.29 is 0 Å². The molecule has 0 bridgehead atoms. The van der Waals surface area contributed by atoms with E-state index in [4.69, 9.17) is 6.57 Å². The van der Waals surface area contributed by atoms with Crippen molar-refractivity contribution in [3.05, 3.63) is 23.7 Å². The number of rotatable bonds is 1. The van der Waals surface area contributed by atoms with Gasteiger partial charge in [0.15, 0.2) is 0 Å². The van der Waals surface area contributed by atoms with E-state index in [1.165, 1.54) is 0 Å². The number of nitrogens with zero attached hydrogens (tertiary/aromatic N) is 3. The lowest BCUT2D eigenvalue weighted by Gasteiger charge is -1.83. The van der Waals surface area contributed by atoms with Gasteiger partial charge in [-0.05, 0) is 18.1 Å². The topological polar surface area (TPSA) is 22.2 Å². The van der Waals surface area contributed by atoms with E-state index in [0.29, 0.717) is 5.82 Å². The zero-order valence-corrected chi connectivity index (χ0v) is 5.20. The summed E-state index contributed by atoms with van der Waals surface area (Å²) in [6.45, 7) is 9.40. The summed E-state index contributed by atoms with van der Waals surface area (Å²) in [5, 5.41) is 3.91. The van der Waals surface area contributed by atoms with Gasteiger partial charge in [-0.15, -0.1) is 0 Å². The first kappa shape index (κ1) is 5.83. The maximum Gasteiger partial charge on any atom is 0.295 e. The fourth-order valence-corrected chi connectivity index (χ4v) is 0.587. The van der Waals surface area contributed by atoms with Crippen LogP contribution in [0, 0.1) is 6.57 Å². The highest BCUT2D eigenvalue weighted by atomic mass is 15.3. The Morgan fingerprint density at radius 3 is 3.00 bits per heavy atom. The summed E-state index contributed by atoms with van der Waals surface area (Å²) in [5.74, 6) is 0.469. The minimum Gasteiger partial charge on any atom is -0.359 e. The minimum absolute atomic E-state index is 0.469. The van der Waals surface area contributed by atoms with Crippen LogP contribution < -0.4 is 0 Å². The van der Waals surface area contributed by atoms with Gasteiger partial charge in [-0.2, -0.15) is 4.68 Å². The molecule has 0 atom stereocenters. The van der Waals surface area contributed by atoms with E-state index in [9.17, 15) is 0 Å². The van der Waals surface area contributed by atoms with Gasteiger partial charge in [0.2, 0.25) is 0 Å². The van der Waals surface area contributed by atoms with Gasteiger partial charge < -0.3 is 4.85 Å². The van der Waals surface area contributed by atoms with Gasteiger partial charge in [0.1, 0.15) is 0 Å². The van der Waals surface area contributed by atoms with E-state index in [0.717, 1.165) is 6.54 Å². The number of hydrogen-bond donors (Lipinski definition) is 0. The Balaban J connectivity index is 2.90. The van der Waals surface area contributed by atoms with Crippen molar-refractivity contribution in [2.75, 3.05) is 0 Å². The van der Waals surface area contributed by atoms with E-state index in [2.05, 4.69) is 9.94 Å². The Kier molecular flexibility index (Phi) is 1.50. The van der Waals surface area contributed by atoms with Gasteiger partial charge in [-0.3, -0.25) is 0 Å². The first-order valence-corrected chi connectivity index (χ1v) is 2.77. The third-order valence-corrected chi connectivity index (χ3v) is 1.07. The molecule has 0 saturated heterocycles. The molecule has 1 aromatic heterocycles. The summed E-state index contributed by atoms with van der Waals surface area (Å²) in [6.07, 6.45) is 1.80. The fourth-order valence-electron chi connectivity index (χ4n) is 0.587. The van der Waals surface area contributed by atoms with Gasteiger partial charge in [0, 0.05) is 6.20 Å². The summed E-state index contributed by atoms with van der Waals surface area (Å²) in [5.41, 5.74) is 0. The van der Waals surface area contributed by atoms with Crippen LogP contribution in [0.25, 0.3) is 4.85 Å². The van der Waals surface area contributed by atoms with Crippen LogP contribution in [0.4, 0.5) is 5.82 Å². The van der Waals surface area contributed by atoms with Crippen molar-refractivity contribution in [3.8, 4) is 0 Å². The zero-order valence-electron chi connectivity index (χ0n) is 5.20. The molecule has 0 aliphatic heterocycles. The van der Waals surface area contributed by atoms with E-state index >= 15 is 0 Å². The second-order valence-corrected chi connectivity index (χ2v) is 1.64. The largest absolute Gasteiger partial charge is 0.359 e. The third kappa shape index (κ3) is 1.08. The Morgan fingerprint density at radius 1 is 1.89 bits per heavy atom. The molecule has 3 nitrogen and oxygen atoms in total. The number of aromatic nitrogens is 2. The summed E-state index contributed by atoms with van der Waals surface area (Å²) in [4.78, 5) is 3.16. The van der Waals surface area contributed by atoms with Crippen LogP contribution in [0.5, 0.6) is 0 Å². The molecule has 1 heterocycles. The molecule has 1 aromatic rings. The highest BCUT2D eigenvalue weighted by Crippen LogP contribution is 2.04. The summed E-state index contributed by atoms with van der Waals surface area (Å²) in [7, 11) is 0. The van der Waals surface area contributed by atoms with Crippen molar-refractivity contribution in [2.24, 2.45) is 0 Å². The second kappa shape index (κ2) is 2.31. The number of hydrogen-bond acceptors (Lipinski definition) is 1. The van der Waals surface area contributed by atoms with E-state index in [1.54, 1.807) is 16.9 Å². The summed E-state index contributed by atoms with van der Waals surface area (Å²) < 4.78 is 1.73. The fraction of sp³-hybridized carbons (Fsp3) is 0.333. The van der Waals surface area contributed by atoms with E-state index in [1.807, 2.05) is 6.92 Å². The first-order chi connectivity index (χ1) is 4.36. The van der Waals surface area contributed by atoms with Crippen LogP contribution in [-0.4, -0.2) is 9.78 Å². The van der Waals surface area contributed by atoms with Crippen molar-refractivity contribution in [2.45, 2.75) is 13.5 Å². The highest BCUT2D eigenvalue weighted by Gasteiger charge is 1.94. The smallest absolute Gasteiger partial charge is 0.295 e. The van der Waals surface area contributed by atoms with Gasteiger partial charge in [-0.1, -0.05) is 6.57 Å². The van der Waals surface area contributed by atoms with Crippen molar-refractivity contribution in [3.63, 3.8) is 0 Å². The van der Waals surface area contributed by atoms with Gasteiger partial charge >= 0.3 is 0 Å². The van der Waals surface area contributed by atoms with Crippen molar-refractivity contribution in [1.82, 2.24) is 9.78 Å². The Labute approximate surface area is 53.7 Å². The van der Waals surface area contributed by atoms with Crippen LogP contribution in [-0.2, 0) is 6.54 Å². The molecule has 46 valence electrons. The molecule has 0 amide bonds. The van der Waals surface area contributed by atoms with Crippen LogP contribution in [0.15, 0.2) is 12.3 Å². The van der Waals surface area contributed by atoms with Crippen LogP contribution >= 0.6 is 0 Å². The molecule has 0 aliphatic carbocycles. The van der Waals surface area contributed by atoms with E-state index in [-0.39, 0.29) is 0 Å². The maximum atomic E-state index is 6.58. The quantitative estimate of drug-likeness (QED) is 0.515. The molecule has 0 aromatic carbocycles. The number of aryl methyl sites for hydroxylation is 1. The highest BCUT2D eigenvalue weighted by molar-refractivity contribution is 5.32. The first-order valence-electron chi connectivity index (χ1n) is 2.77. The molecule has 3 heteroatoms.